The van der Waals surface area contributed by atoms with E-state index in [-0.39, 0.29) is 5.91 Å². The number of carbonyl (C=O) groups is 1. The van der Waals surface area contributed by atoms with Crippen molar-refractivity contribution in [2.24, 2.45) is 0 Å². The number of pyridine rings is 1. The van der Waals surface area contributed by atoms with Gasteiger partial charge < -0.3 is 10.6 Å². The molecule has 2 N–H and O–H groups in total. The van der Waals surface area contributed by atoms with Crippen molar-refractivity contribution in [1.82, 2.24) is 10.3 Å². The molecule has 5 heteroatoms. The molecular weight excluding hydrogens is 258 g/mol. The number of hydrogen-bond donors (Lipinski definition) is 2. The molecule has 1 aromatic rings. The van der Waals surface area contributed by atoms with Gasteiger partial charge in [-0.1, -0.05) is 13.8 Å². The molecule has 0 atom stereocenters. The summed E-state index contributed by atoms with van der Waals surface area (Å²) in [6, 6.07) is 1.95. The highest BCUT2D eigenvalue weighted by Crippen LogP contribution is 2.18. The molecule has 0 saturated carbocycles. The fraction of sp³-hybridized carbons (Fsp3) is 0.400. The molecule has 15 heavy (non-hydrogen) atoms. The average molecular weight is 272 g/mol. The molecule has 0 aromatic carbocycles. The number of aromatic nitrogens is 1. The third kappa shape index (κ3) is 3.28. The Kier molecular flexibility index (Phi) is 4.71. The summed E-state index contributed by atoms with van der Waals surface area (Å²) < 4.78 is 0.921. The normalized spacial score (nSPS) is 14.2. The standard InChI is InChI=1S/C8H8BrN3O.C2H6/c9-6-1-5-2-10-4-7(13)12-8(5)11-3-6;1-2/h1,3,10H,2,4H2,(H,11,12,13);1-2H3. The molecule has 0 radical (unpaired) electrons. The van der Waals surface area contributed by atoms with Gasteiger partial charge in [0.15, 0.2) is 0 Å². The van der Waals surface area contributed by atoms with Crippen LogP contribution < -0.4 is 10.6 Å². The molecule has 2 rings (SSSR count). The van der Waals surface area contributed by atoms with Crippen molar-refractivity contribution < 1.29 is 4.79 Å². The van der Waals surface area contributed by atoms with Crippen LogP contribution in [0.1, 0.15) is 19.4 Å². The minimum absolute atomic E-state index is 0.0476. The van der Waals surface area contributed by atoms with Crippen molar-refractivity contribution >= 4 is 27.7 Å². The molecule has 0 bridgehead atoms. The van der Waals surface area contributed by atoms with Gasteiger partial charge in [0.05, 0.1) is 6.54 Å². The Bertz CT molecular complexity index is 355. The lowest BCUT2D eigenvalue weighted by Crippen LogP contribution is -2.23. The number of rotatable bonds is 0. The van der Waals surface area contributed by atoms with Crippen LogP contribution >= 0.6 is 15.9 Å². The lowest BCUT2D eigenvalue weighted by molar-refractivity contribution is -0.115. The highest BCUT2D eigenvalue weighted by molar-refractivity contribution is 9.10. The summed E-state index contributed by atoms with van der Waals surface area (Å²) in [5.41, 5.74) is 1.00. The Balaban J connectivity index is 0.000000531. The molecule has 0 saturated heterocycles. The van der Waals surface area contributed by atoms with Gasteiger partial charge in [0.25, 0.3) is 0 Å². The number of nitrogens with one attached hydrogen (secondary N) is 2. The largest absolute Gasteiger partial charge is 0.309 e. The Morgan fingerprint density at radius 1 is 1.40 bits per heavy atom. The molecular formula is C10H14BrN3O. The molecule has 1 aromatic heterocycles. The van der Waals surface area contributed by atoms with Crippen molar-refractivity contribution in [3.05, 3.63) is 22.3 Å². The van der Waals surface area contributed by atoms with Gasteiger partial charge in [-0.2, -0.15) is 0 Å². The van der Waals surface area contributed by atoms with Crippen LogP contribution in [0.5, 0.6) is 0 Å². The molecule has 1 aliphatic rings. The van der Waals surface area contributed by atoms with Crippen molar-refractivity contribution in [2.75, 3.05) is 11.9 Å². The summed E-state index contributed by atoms with van der Waals surface area (Å²) in [5, 5.41) is 5.72. The summed E-state index contributed by atoms with van der Waals surface area (Å²) in [6.07, 6.45) is 1.67. The van der Waals surface area contributed by atoms with Gasteiger partial charge in [-0.05, 0) is 22.0 Å². The number of amides is 1. The number of halogens is 1. The number of hydrogen-bond acceptors (Lipinski definition) is 3. The predicted molar refractivity (Wildman–Crippen MR) is 63.6 cm³/mol. The van der Waals surface area contributed by atoms with Crippen LogP contribution in [0.25, 0.3) is 0 Å². The molecule has 4 nitrogen and oxygen atoms in total. The van der Waals surface area contributed by atoms with E-state index in [9.17, 15) is 4.79 Å². The van der Waals surface area contributed by atoms with Crippen LogP contribution in [-0.4, -0.2) is 17.4 Å². The number of fused-ring (bicyclic) bond motifs is 1. The molecule has 1 aliphatic heterocycles. The van der Waals surface area contributed by atoms with Crippen LogP contribution in [0.2, 0.25) is 0 Å². The van der Waals surface area contributed by atoms with E-state index in [1.807, 2.05) is 19.9 Å². The van der Waals surface area contributed by atoms with Gasteiger partial charge in [0, 0.05) is 22.8 Å². The van der Waals surface area contributed by atoms with Crippen molar-refractivity contribution in [3.8, 4) is 0 Å². The van der Waals surface area contributed by atoms with E-state index >= 15 is 0 Å². The third-order valence-electron chi connectivity index (χ3n) is 1.79. The minimum Gasteiger partial charge on any atom is -0.309 e. The van der Waals surface area contributed by atoms with E-state index in [1.165, 1.54) is 0 Å². The Morgan fingerprint density at radius 3 is 2.87 bits per heavy atom. The van der Waals surface area contributed by atoms with Crippen molar-refractivity contribution in [1.29, 1.82) is 0 Å². The number of nitrogens with zero attached hydrogens (tertiary/aromatic N) is 1. The second-order valence-corrected chi connectivity index (χ2v) is 3.73. The maximum atomic E-state index is 11.1. The molecule has 0 unspecified atom stereocenters. The molecule has 0 fully saturated rings. The van der Waals surface area contributed by atoms with Crippen LogP contribution in [0, 0.1) is 0 Å². The third-order valence-corrected chi connectivity index (χ3v) is 2.23. The second kappa shape index (κ2) is 5.82. The van der Waals surface area contributed by atoms with Crippen LogP contribution in [0.3, 0.4) is 0 Å². The van der Waals surface area contributed by atoms with Crippen LogP contribution in [0.15, 0.2) is 16.7 Å². The topological polar surface area (TPSA) is 54.0 Å². The minimum atomic E-state index is -0.0476. The molecule has 0 aliphatic carbocycles. The quantitative estimate of drug-likeness (QED) is 0.758. The van der Waals surface area contributed by atoms with Gasteiger partial charge in [0.2, 0.25) is 5.91 Å². The van der Waals surface area contributed by atoms with Gasteiger partial charge in [-0.3, -0.25) is 4.79 Å². The first kappa shape index (κ1) is 12.1. The van der Waals surface area contributed by atoms with E-state index in [1.54, 1.807) is 6.20 Å². The van der Waals surface area contributed by atoms with E-state index in [0.29, 0.717) is 18.9 Å². The summed E-state index contributed by atoms with van der Waals surface area (Å²) in [7, 11) is 0. The Labute approximate surface area is 97.6 Å². The van der Waals surface area contributed by atoms with Crippen LogP contribution in [0.4, 0.5) is 5.82 Å². The fourth-order valence-electron chi connectivity index (χ4n) is 1.22. The zero-order chi connectivity index (χ0) is 11.3. The van der Waals surface area contributed by atoms with Crippen molar-refractivity contribution in [3.63, 3.8) is 0 Å². The summed E-state index contributed by atoms with van der Waals surface area (Å²) in [4.78, 5) is 15.2. The van der Waals surface area contributed by atoms with E-state index in [2.05, 4.69) is 31.5 Å². The van der Waals surface area contributed by atoms with Crippen molar-refractivity contribution in [2.45, 2.75) is 20.4 Å². The maximum Gasteiger partial charge on any atom is 0.239 e. The smallest absolute Gasteiger partial charge is 0.239 e. The lowest BCUT2D eigenvalue weighted by atomic mass is 10.2. The van der Waals surface area contributed by atoms with Gasteiger partial charge in [0.1, 0.15) is 5.82 Å². The fourth-order valence-corrected chi connectivity index (χ4v) is 1.59. The van der Waals surface area contributed by atoms with Gasteiger partial charge >= 0.3 is 0 Å². The molecule has 2 heterocycles. The highest BCUT2D eigenvalue weighted by atomic mass is 79.9. The average Bonchev–Trinajstić information content (AvgIpc) is 2.42. The first-order valence-electron chi connectivity index (χ1n) is 4.91. The molecule has 0 spiro atoms. The second-order valence-electron chi connectivity index (χ2n) is 2.81. The maximum absolute atomic E-state index is 11.1. The van der Waals surface area contributed by atoms with E-state index in [4.69, 9.17) is 0 Å². The first-order chi connectivity index (χ1) is 7.25. The summed E-state index contributed by atoms with van der Waals surface area (Å²) in [6.45, 7) is 5.01. The predicted octanol–water partition coefficient (Wildman–Crippen LogP) is 1.91. The van der Waals surface area contributed by atoms with Gasteiger partial charge in [-0.25, -0.2) is 4.98 Å². The lowest BCUT2D eigenvalue weighted by Gasteiger charge is -2.04. The van der Waals surface area contributed by atoms with Crippen LogP contribution in [-0.2, 0) is 11.3 Å². The zero-order valence-corrected chi connectivity index (χ0v) is 10.4. The van der Waals surface area contributed by atoms with Gasteiger partial charge in [-0.15, -0.1) is 0 Å². The zero-order valence-electron chi connectivity index (χ0n) is 8.80. The SMILES string of the molecule is CC.O=C1CNCc2cc(Br)cnc2N1. The summed E-state index contributed by atoms with van der Waals surface area (Å²) in [5.74, 6) is 0.603. The van der Waals surface area contributed by atoms with E-state index in [0.717, 1.165) is 10.0 Å². The number of anilines is 1. The molecule has 1 amide bonds. The first-order valence-corrected chi connectivity index (χ1v) is 5.70. The molecule has 82 valence electrons. The Morgan fingerprint density at radius 2 is 2.13 bits per heavy atom. The Hall–Kier alpha value is -0.940. The summed E-state index contributed by atoms with van der Waals surface area (Å²) >= 11 is 3.33. The van der Waals surface area contributed by atoms with E-state index < -0.39 is 0 Å². The monoisotopic (exact) mass is 271 g/mol. The number of carbonyl (C=O) groups excluding carboxylic acids is 1. The highest BCUT2D eigenvalue weighted by Gasteiger charge is 2.12.